The molecular weight excluding hydrogens is 328 g/mol. The molecule has 0 spiro atoms. The van der Waals surface area contributed by atoms with Crippen LogP contribution >= 0.6 is 24.4 Å². The smallest absolute Gasteiger partial charge is 0.189 e. The summed E-state index contributed by atoms with van der Waals surface area (Å²) in [6.07, 6.45) is 0. The molecule has 0 aliphatic heterocycles. The minimum absolute atomic E-state index is 0.407. The van der Waals surface area contributed by atoms with Gasteiger partial charge in [0.25, 0.3) is 0 Å². The van der Waals surface area contributed by atoms with Crippen molar-refractivity contribution in [2.45, 2.75) is 6.92 Å². The lowest BCUT2D eigenvalue weighted by molar-refractivity contribution is 0.415. The first kappa shape index (κ1) is 17.0. The summed E-state index contributed by atoms with van der Waals surface area (Å²) < 4.78 is 5.11. The Morgan fingerprint density at radius 2 is 1.48 bits per heavy atom. The second-order valence-electron chi connectivity index (χ2n) is 4.70. The van der Waals surface area contributed by atoms with E-state index in [2.05, 4.69) is 21.5 Å². The fraction of sp³-hybridized carbons (Fsp3) is 0.125. The topological polar surface area (TPSA) is 57.4 Å². The first-order valence-corrected chi connectivity index (χ1v) is 7.74. The predicted octanol–water partition coefficient (Wildman–Crippen LogP) is 3.19. The maximum atomic E-state index is 5.22. The molecule has 23 heavy (non-hydrogen) atoms. The van der Waals surface area contributed by atoms with E-state index in [9.17, 15) is 0 Å². The predicted molar refractivity (Wildman–Crippen MR) is 103 cm³/mol. The van der Waals surface area contributed by atoms with Gasteiger partial charge in [-0.05, 0) is 67.3 Å². The Morgan fingerprint density at radius 1 is 0.870 bits per heavy atom. The summed E-state index contributed by atoms with van der Waals surface area (Å²) in [5, 5.41) is 6.97. The summed E-state index contributed by atoms with van der Waals surface area (Å²) in [6.45, 7) is 2.01. The van der Waals surface area contributed by atoms with Gasteiger partial charge in [0, 0.05) is 11.4 Å². The van der Waals surface area contributed by atoms with Gasteiger partial charge in [-0.2, -0.15) is 0 Å². The second-order valence-corrected chi connectivity index (χ2v) is 5.52. The third-order valence-corrected chi connectivity index (χ3v) is 3.44. The van der Waals surface area contributed by atoms with Crippen LogP contribution in [0.15, 0.2) is 48.5 Å². The maximum absolute atomic E-state index is 5.22. The van der Waals surface area contributed by atoms with Crippen molar-refractivity contribution in [1.29, 1.82) is 0 Å². The number of thiocarbonyl (C=S) groups is 2. The summed E-state index contributed by atoms with van der Waals surface area (Å²) in [5.41, 5.74) is 8.58. The Hall–Kier alpha value is -2.38. The molecule has 120 valence electrons. The molecule has 2 aromatic carbocycles. The van der Waals surface area contributed by atoms with Crippen molar-refractivity contribution < 1.29 is 4.74 Å². The number of anilines is 2. The average molecular weight is 346 g/mol. The summed E-state index contributed by atoms with van der Waals surface area (Å²) in [6, 6.07) is 15.3. The monoisotopic (exact) mass is 346 g/mol. The van der Waals surface area contributed by atoms with Crippen LogP contribution < -0.4 is 26.2 Å². The highest BCUT2D eigenvalue weighted by Gasteiger charge is 2.02. The zero-order valence-corrected chi connectivity index (χ0v) is 14.5. The molecule has 2 rings (SSSR count). The van der Waals surface area contributed by atoms with E-state index >= 15 is 0 Å². The minimum atomic E-state index is 0.407. The zero-order chi connectivity index (χ0) is 16.7. The highest BCUT2D eigenvalue weighted by molar-refractivity contribution is 7.81. The lowest BCUT2D eigenvalue weighted by Gasteiger charge is -2.15. The van der Waals surface area contributed by atoms with Crippen molar-refractivity contribution in [2.75, 3.05) is 17.7 Å². The van der Waals surface area contributed by atoms with Crippen molar-refractivity contribution >= 4 is 46.0 Å². The Bertz CT molecular complexity index is 689. The molecule has 5 nitrogen and oxygen atoms in total. The van der Waals surface area contributed by atoms with Crippen LogP contribution in [0.1, 0.15) is 5.56 Å². The molecule has 0 unspecified atom stereocenters. The van der Waals surface area contributed by atoms with Gasteiger partial charge in [0.2, 0.25) is 0 Å². The quantitative estimate of drug-likeness (QED) is 0.503. The van der Waals surface area contributed by atoms with E-state index in [4.69, 9.17) is 29.2 Å². The average Bonchev–Trinajstić information content (AvgIpc) is 2.56. The largest absolute Gasteiger partial charge is 0.497 e. The van der Waals surface area contributed by atoms with Crippen LogP contribution in [-0.4, -0.2) is 17.3 Å². The van der Waals surface area contributed by atoms with Gasteiger partial charge in [0.1, 0.15) is 5.75 Å². The molecule has 0 saturated carbocycles. The van der Waals surface area contributed by atoms with Crippen LogP contribution in [0.25, 0.3) is 0 Å². The SMILES string of the molecule is COc1ccc(NC(=S)NNC(=S)Nc2ccccc2C)cc1. The van der Waals surface area contributed by atoms with Crippen molar-refractivity contribution in [3.05, 3.63) is 54.1 Å². The number of hydrogen-bond donors (Lipinski definition) is 4. The number of ether oxygens (including phenoxy) is 1. The van der Waals surface area contributed by atoms with E-state index in [-0.39, 0.29) is 0 Å². The van der Waals surface area contributed by atoms with E-state index in [1.54, 1.807) is 7.11 Å². The highest BCUT2D eigenvalue weighted by Crippen LogP contribution is 2.15. The van der Waals surface area contributed by atoms with Crippen molar-refractivity contribution in [3.63, 3.8) is 0 Å². The van der Waals surface area contributed by atoms with Gasteiger partial charge in [0.15, 0.2) is 10.2 Å². The fourth-order valence-electron chi connectivity index (χ4n) is 1.82. The summed E-state index contributed by atoms with van der Waals surface area (Å²) in [5.74, 6) is 0.788. The van der Waals surface area contributed by atoms with Crippen molar-refractivity contribution in [3.8, 4) is 5.75 Å². The van der Waals surface area contributed by atoms with E-state index in [1.807, 2.05) is 55.5 Å². The standard InChI is InChI=1S/C16H18N4OS2/c1-11-5-3-4-6-14(11)18-16(23)20-19-15(22)17-12-7-9-13(21-2)10-8-12/h3-10H,1-2H3,(H2,17,19,22)(H2,18,20,23). The number of nitrogens with one attached hydrogen (secondary N) is 4. The molecule has 0 aliphatic carbocycles. The summed E-state index contributed by atoms with van der Waals surface area (Å²) in [4.78, 5) is 0. The van der Waals surface area contributed by atoms with E-state index in [1.165, 1.54) is 0 Å². The molecule has 0 heterocycles. The van der Waals surface area contributed by atoms with E-state index in [0.717, 1.165) is 22.7 Å². The number of hydrazine groups is 1. The van der Waals surface area contributed by atoms with Gasteiger partial charge >= 0.3 is 0 Å². The molecular formula is C16H18N4OS2. The number of benzene rings is 2. The molecule has 0 radical (unpaired) electrons. The zero-order valence-electron chi connectivity index (χ0n) is 12.8. The minimum Gasteiger partial charge on any atom is -0.497 e. The van der Waals surface area contributed by atoms with Crippen LogP contribution in [0, 0.1) is 6.92 Å². The highest BCUT2D eigenvalue weighted by atomic mass is 32.1. The normalized spacial score (nSPS) is 9.65. The molecule has 0 bridgehead atoms. The summed E-state index contributed by atoms with van der Waals surface area (Å²) in [7, 11) is 1.63. The third kappa shape index (κ3) is 5.39. The molecule has 0 aromatic heterocycles. The molecule has 2 aromatic rings. The van der Waals surface area contributed by atoms with E-state index < -0.39 is 0 Å². The van der Waals surface area contributed by atoms with Crippen LogP contribution in [0.4, 0.5) is 11.4 Å². The first-order valence-electron chi connectivity index (χ1n) is 6.92. The van der Waals surface area contributed by atoms with Gasteiger partial charge in [-0.1, -0.05) is 18.2 Å². The Balaban J connectivity index is 1.79. The molecule has 7 heteroatoms. The van der Waals surface area contributed by atoms with Crippen LogP contribution in [-0.2, 0) is 0 Å². The van der Waals surface area contributed by atoms with Crippen molar-refractivity contribution in [1.82, 2.24) is 10.9 Å². The van der Waals surface area contributed by atoms with Crippen LogP contribution in [0.3, 0.4) is 0 Å². The third-order valence-electron chi connectivity index (χ3n) is 3.03. The molecule has 0 aliphatic rings. The summed E-state index contributed by atoms with van der Waals surface area (Å²) >= 11 is 10.4. The Morgan fingerprint density at radius 3 is 2.09 bits per heavy atom. The lowest BCUT2D eigenvalue weighted by atomic mass is 10.2. The van der Waals surface area contributed by atoms with Gasteiger partial charge < -0.3 is 15.4 Å². The van der Waals surface area contributed by atoms with Gasteiger partial charge in [0.05, 0.1) is 7.11 Å². The van der Waals surface area contributed by atoms with Crippen LogP contribution in [0.5, 0.6) is 5.75 Å². The van der Waals surface area contributed by atoms with E-state index in [0.29, 0.717) is 10.2 Å². The fourth-order valence-corrected chi connectivity index (χ4v) is 2.15. The number of rotatable bonds is 3. The van der Waals surface area contributed by atoms with Crippen molar-refractivity contribution in [2.24, 2.45) is 0 Å². The Labute approximate surface area is 146 Å². The molecule has 0 atom stereocenters. The Kier molecular flexibility index (Phi) is 6.13. The molecule has 4 N–H and O–H groups in total. The molecule has 0 fully saturated rings. The maximum Gasteiger partial charge on any atom is 0.189 e. The van der Waals surface area contributed by atoms with Gasteiger partial charge in [-0.15, -0.1) is 0 Å². The molecule has 0 amide bonds. The van der Waals surface area contributed by atoms with Crippen LogP contribution in [0.2, 0.25) is 0 Å². The number of methoxy groups -OCH3 is 1. The number of para-hydroxylation sites is 1. The second kappa shape index (κ2) is 8.30. The lowest BCUT2D eigenvalue weighted by Crippen LogP contribution is -2.45. The van der Waals surface area contributed by atoms with Gasteiger partial charge in [-0.3, -0.25) is 10.9 Å². The number of hydrogen-bond acceptors (Lipinski definition) is 3. The molecule has 0 saturated heterocycles. The first-order chi connectivity index (χ1) is 11.1. The van der Waals surface area contributed by atoms with Gasteiger partial charge in [-0.25, -0.2) is 0 Å². The number of aryl methyl sites for hydroxylation is 1.